The molecule has 10 heteroatoms. The second-order valence-corrected chi connectivity index (χ2v) is 9.97. The lowest BCUT2D eigenvalue weighted by molar-refractivity contribution is -0.142. The summed E-state index contributed by atoms with van der Waals surface area (Å²) in [5.41, 5.74) is 2.85. The predicted octanol–water partition coefficient (Wildman–Crippen LogP) is 3.38. The summed E-state index contributed by atoms with van der Waals surface area (Å²) in [5.74, 6) is 2.00. The van der Waals surface area contributed by atoms with Crippen molar-refractivity contribution in [3.63, 3.8) is 0 Å². The first-order chi connectivity index (χ1) is 19.5. The zero-order valence-electron chi connectivity index (χ0n) is 21.9. The molecule has 0 bridgehead atoms. The monoisotopic (exact) mass is 546 g/mol. The molecule has 40 heavy (non-hydrogen) atoms. The molecule has 0 aliphatic carbocycles. The molecule has 208 valence electrons. The molecule has 3 aliphatic heterocycles. The van der Waals surface area contributed by atoms with E-state index in [1.54, 1.807) is 31.4 Å². The van der Waals surface area contributed by atoms with Crippen molar-refractivity contribution in [1.82, 2.24) is 5.32 Å². The van der Waals surface area contributed by atoms with E-state index in [0.29, 0.717) is 47.2 Å². The lowest BCUT2D eigenvalue weighted by atomic mass is 9.84. The van der Waals surface area contributed by atoms with Crippen LogP contribution in [0, 0.1) is 0 Å². The van der Waals surface area contributed by atoms with Gasteiger partial charge in [-0.15, -0.1) is 0 Å². The van der Waals surface area contributed by atoms with Gasteiger partial charge in [0.2, 0.25) is 12.7 Å². The maximum absolute atomic E-state index is 12.9. The normalized spacial score (nSPS) is 22.1. The predicted molar refractivity (Wildman–Crippen MR) is 144 cm³/mol. The number of ether oxygens (including phenoxy) is 5. The zero-order chi connectivity index (χ0) is 27.6. The average Bonchev–Trinajstić information content (AvgIpc) is 3.60. The Labute approximate surface area is 231 Å². The summed E-state index contributed by atoms with van der Waals surface area (Å²) < 4.78 is 28.3. The Morgan fingerprint density at radius 3 is 2.70 bits per heavy atom. The number of nitrogens with one attached hydrogen (secondary N) is 2. The Bertz CT molecular complexity index is 1430. The van der Waals surface area contributed by atoms with Gasteiger partial charge in [-0.2, -0.15) is 0 Å². The topological polar surface area (TPSA) is 125 Å². The van der Waals surface area contributed by atoms with Gasteiger partial charge in [-0.3, -0.25) is 9.59 Å². The van der Waals surface area contributed by atoms with Crippen molar-refractivity contribution in [3.8, 4) is 23.0 Å². The highest BCUT2D eigenvalue weighted by atomic mass is 16.7. The van der Waals surface area contributed by atoms with Crippen molar-refractivity contribution < 1.29 is 38.4 Å². The number of carbonyl (C=O) groups is 2. The Hall–Kier alpha value is -4.28. The minimum Gasteiger partial charge on any atom is -0.496 e. The fourth-order valence-corrected chi connectivity index (χ4v) is 5.53. The van der Waals surface area contributed by atoms with Gasteiger partial charge in [-0.25, -0.2) is 0 Å². The van der Waals surface area contributed by atoms with Gasteiger partial charge < -0.3 is 39.4 Å². The lowest BCUT2D eigenvalue weighted by Crippen LogP contribution is -2.47. The standard InChI is InChI=1S/C30H30N2O8/c1-36-23-5-3-2-4-18(23)14-31-28(34)13-20-12-22-21-11-19(7-9-24(21)40-29(22)27(15-33)39-20)32-30(35)17-6-8-25-26(10-17)38-16-37-25/h2-11,20,22,27,29,33H,12-16H2,1H3,(H,31,34)(H,32,35)/t20-,22-,27-,29+/m0/s1. The van der Waals surface area contributed by atoms with Crippen LogP contribution in [0.3, 0.4) is 0 Å². The maximum atomic E-state index is 12.9. The number of carbonyl (C=O) groups excluding carboxylic acids is 2. The SMILES string of the molecule is COc1ccccc1CNC(=O)C[C@@H]1C[C@H]2c3cc(NC(=O)c4ccc5c(c4)OCO5)ccc3O[C@H]2[C@H](CO)O1. The summed E-state index contributed by atoms with van der Waals surface area (Å²) in [7, 11) is 1.59. The molecule has 0 unspecified atom stereocenters. The number of anilines is 1. The molecule has 10 nitrogen and oxygen atoms in total. The summed E-state index contributed by atoms with van der Waals surface area (Å²) in [6, 6.07) is 18.0. The fourth-order valence-electron chi connectivity index (χ4n) is 5.53. The van der Waals surface area contributed by atoms with Gasteiger partial charge in [0.25, 0.3) is 5.91 Å². The van der Waals surface area contributed by atoms with Crippen LogP contribution in [-0.2, 0) is 16.1 Å². The molecule has 0 radical (unpaired) electrons. The summed E-state index contributed by atoms with van der Waals surface area (Å²) >= 11 is 0. The molecule has 0 saturated carbocycles. The second-order valence-electron chi connectivity index (χ2n) is 9.97. The second kappa shape index (κ2) is 11.1. The van der Waals surface area contributed by atoms with Crippen LogP contribution in [0.1, 0.15) is 40.2 Å². The maximum Gasteiger partial charge on any atom is 0.255 e. The fraction of sp³-hybridized carbons (Fsp3) is 0.333. The summed E-state index contributed by atoms with van der Waals surface area (Å²) in [6.45, 7) is 0.238. The minimum absolute atomic E-state index is 0.102. The smallest absolute Gasteiger partial charge is 0.255 e. The molecule has 3 aromatic carbocycles. The number of methoxy groups -OCH3 is 1. The number of aliphatic hydroxyl groups is 1. The molecule has 1 fully saturated rings. The van der Waals surface area contributed by atoms with Gasteiger partial charge in [-0.05, 0) is 48.9 Å². The number of para-hydroxylation sites is 1. The first-order valence-corrected chi connectivity index (χ1v) is 13.2. The number of aliphatic hydroxyl groups excluding tert-OH is 1. The Kier molecular flexibility index (Phi) is 7.19. The molecule has 3 aromatic rings. The molecule has 1 saturated heterocycles. The van der Waals surface area contributed by atoms with Crippen LogP contribution in [0.25, 0.3) is 0 Å². The molecule has 3 aliphatic rings. The highest BCUT2D eigenvalue weighted by Gasteiger charge is 2.46. The summed E-state index contributed by atoms with van der Waals surface area (Å²) in [5, 5.41) is 15.9. The highest BCUT2D eigenvalue weighted by molar-refractivity contribution is 6.04. The molecule has 2 amide bonds. The Morgan fingerprint density at radius 1 is 1.02 bits per heavy atom. The number of fused-ring (bicyclic) bond motifs is 4. The van der Waals surface area contributed by atoms with E-state index in [0.717, 1.165) is 11.1 Å². The Morgan fingerprint density at radius 2 is 1.85 bits per heavy atom. The molecule has 3 N–H and O–H groups in total. The van der Waals surface area contributed by atoms with Gasteiger partial charge in [0, 0.05) is 34.8 Å². The van der Waals surface area contributed by atoms with Gasteiger partial charge in [-0.1, -0.05) is 18.2 Å². The third kappa shape index (κ3) is 5.15. The van der Waals surface area contributed by atoms with Crippen molar-refractivity contribution >= 4 is 17.5 Å². The molecule has 0 aromatic heterocycles. The first kappa shape index (κ1) is 26.0. The van der Waals surface area contributed by atoms with Crippen LogP contribution in [0.5, 0.6) is 23.0 Å². The van der Waals surface area contributed by atoms with Crippen molar-refractivity contribution in [3.05, 3.63) is 77.4 Å². The first-order valence-electron chi connectivity index (χ1n) is 13.2. The summed E-state index contributed by atoms with van der Waals surface area (Å²) in [4.78, 5) is 25.7. The van der Waals surface area contributed by atoms with E-state index < -0.39 is 12.2 Å². The third-order valence-corrected chi connectivity index (χ3v) is 7.47. The van der Waals surface area contributed by atoms with Crippen LogP contribution in [0.2, 0.25) is 0 Å². The number of hydrogen-bond acceptors (Lipinski definition) is 8. The third-order valence-electron chi connectivity index (χ3n) is 7.47. The van der Waals surface area contributed by atoms with Crippen LogP contribution >= 0.6 is 0 Å². The molecule has 3 heterocycles. The average molecular weight is 547 g/mol. The number of benzene rings is 3. The Balaban J connectivity index is 1.13. The number of hydrogen-bond donors (Lipinski definition) is 3. The van der Waals surface area contributed by atoms with Gasteiger partial charge >= 0.3 is 0 Å². The van der Waals surface area contributed by atoms with E-state index >= 15 is 0 Å². The molecule has 0 spiro atoms. The van der Waals surface area contributed by atoms with E-state index in [4.69, 9.17) is 23.7 Å². The van der Waals surface area contributed by atoms with Crippen molar-refractivity contribution in [2.24, 2.45) is 0 Å². The largest absolute Gasteiger partial charge is 0.496 e. The number of amides is 2. The lowest BCUT2D eigenvalue weighted by Gasteiger charge is -2.37. The molecule has 4 atom stereocenters. The van der Waals surface area contributed by atoms with E-state index in [1.165, 1.54) is 0 Å². The van der Waals surface area contributed by atoms with E-state index in [-0.39, 0.29) is 43.7 Å². The van der Waals surface area contributed by atoms with Crippen LogP contribution in [-0.4, -0.2) is 55.7 Å². The van der Waals surface area contributed by atoms with E-state index in [2.05, 4.69) is 10.6 Å². The van der Waals surface area contributed by atoms with Gasteiger partial charge in [0.1, 0.15) is 23.7 Å². The zero-order valence-corrected chi connectivity index (χ0v) is 21.9. The van der Waals surface area contributed by atoms with Crippen molar-refractivity contribution in [2.45, 2.75) is 43.6 Å². The van der Waals surface area contributed by atoms with Crippen LogP contribution in [0.15, 0.2) is 60.7 Å². The molecular formula is C30H30N2O8. The number of rotatable bonds is 8. The van der Waals surface area contributed by atoms with Gasteiger partial charge in [0.15, 0.2) is 11.5 Å². The minimum atomic E-state index is -0.579. The van der Waals surface area contributed by atoms with Gasteiger partial charge in [0.05, 0.1) is 26.2 Å². The summed E-state index contributed by atoms with van der Waals surface area (Å²) in [6.07, 6.45) is -0.685. The van der Waals surface area contributed by atoms with E-state index in [9.17, 15) is 14.7 Å². The van der Waals surface area contributed by atoms with Crippen molar-refractivity contribution in [2.75, 3.05) is 25.8 Å². The highest BCUT2D eigenvalue weighted by Crippen LogP contribution is 2.47. The molecular weight excluding hydrogens is 516 g/mol. The quantitative estimate of drug-likeness (QED) is 0.393. The van der Waals surface area contributed by atoms with Crippen molar-refractivity contribution in [1.29, 1.82) is 0 Å². The van der Waals surface area contributed by atoms with E-state index in [1.807, 2.05) is 36.4 Å². The molecule has 6 rings (SSSR count). The van der Waals surface area contributed by atoms with Crippen LogP contribution in [0.4, 0.5) is 5.69 Å². The van der Waals surface area contributed by atoms with Crippen LogP contribution < -0.4 is 29.6 Å².